The molecule has 0 radical (unpaired) electrons. The molecule has 0 atom stereocenters. The van der Waals surface area contributed by atoms with Crippen LogP contribution in [0.5, 0.6) is 0 Å². The maximum absolute atomic E-state index is 11.2. The van der Waals surface area contributed by atoms with Crippen molar-refractivity contribution in [3.05, 3.63) is 0 Å². The first kappa shape index (κ1) is 11.4. The molecule has 0 aromatic carbocycles. The van der Waals surface area contributed by atoms with Crippen molar-refractivity contribution in [2.24, 2.45) is 0 Å². The molecule has 0 spiro atoms. The highest BCUT2D eigenvalue weighted by molar-refractivity contribution is 5.77. The summed E-state index contributed by atoms with van der Waals surface area (Å²) in [6, 6.07) is 0. The third-order valence-electron chi connectivity index (χ3n) is 1.83. The molecule has 0 fully saturated rings. The van der Waals surface area contributed by atoms with Gasteiger partial charge in [0.25, 0.3) is 0 Å². The zero-order valence-electron chi connectivity index (χ0n) is 8.39. The molecule has 12 heavy (non-hydrogen) atoms. The lowest BCUT2D eigenvalue weighted by Crippen LogP contribution is -2.37. The van der Waals surface area contributed by atoms with Gasteiger partial charge in [-0.15, -0.1) is 0 Å². The van der Waals surface area contributed by atoms with Gasteiger partial charge in [0.2, 0.25) is 5.91 Å². The van der Waals surface area contributed by atoms with Gasteiger partial charge in [-0.05, 0) is 19.5 Å². The van der Waals surface area contributed by atoms with Crippen molar-refractivity contribution in [2.75, 3.05) is 26.2 Å². The number of rotatable bonds is 6. The Balaban J connectivity index is 3.52. The SMILES string of the molecule is CCCNC(=O)CN(CC)CC. The highest BCUT2D eigenvalue weighted by atomic mass is 16.2. The molecule has 0 heterocycles. The van der Waals surface area contributed by atoms with Crippen LogP contribution < -0.4 is 5.32 Å². The van der Waals surface area contributed by atoms with E-state index >= 15 is 0 Å². The number of nitrogens with one attached hydrogen (secondary N) is 1. The molecular weight excluding hydrogens is 152 g/mol. The van der Waals surface area contributed by atoms with Gasteiger partial charge in [-0.25, -0.2) is 0 Å². The Morgan fingerprint density at radius 1 is 1.25 bits per heavy atom. The predicted octanol–water partition coefficient (Wildman–Crippen LogP) is 0.854. The van der Waals surface area contributed by atoms with E-state index < -0.39 is 0 Å². The van der Waals surface area contributed by atoms with Crippen LogP contribution in [0, 0.1) is 0 Å². The maximum Gasteiger partial charge on any atom is 0.234 e. The zero-order valence-corrected chi connectivity index (χ0v) is 8.39. The molecule has 72 valence electrons. The van der Waals surface area contributed by atoms with Gasteiger partial charge in [-0.3, -0.25) is 9.69 Å². The van der Waals surface area contributed by atoms with Crippen LogP contribution in [0.25, 0.3) is 0 Å². The minimum atomic E-state index is 0.139. The minimum absolute atomic E-state index is 0.139. The highest BCUT2D eigenvalue weighted by Crippen LogP contribution is 1.85. The molecule has 0 rings (SSSR count). The van der Waals surface area contributed by atoms with Crippen LogP contribution in [0.3, 0.4) is 0 Å². The van der Waals surface area contributed by atoms with E-state index in [-0.39, 0.29) is 5.91 Å². The first-order valence-electron chi connectivity index (χ1n) is 4.73. The number of likely N-dealkylation sites (N-methyl/N-ethyl adjacent to an activating group) is 1. The Morgan fingerprint density at radius 3 is 2.25 bits per heavy atom. The highest BCUT2D eigenvalue weighted by Gasteiger charge is 2.04. The molecule has 3 nitrogen and oxygen atoms in total. The van der Waals surface area contributed by atoms with E-state index in [1.165, 1.54) is 0 Å². The number of carbonyl (C=O) groups excluding carboxylic acids is 1. The van der Waals surface area contributed by atoms with Crippen molar-refractivity contribution in [2.45, 2.75) is 27.2 Å². The van der Waals surface area contributed by atoms with Crippen molar-refractivity contribution >= 4 is 5.91 Å². The van der Waals surface area contributed by atoms with E-state index in [9.17, 15) is 4.79 Å². The van der Waals surface area contributed by atoms with Crippen LogP contribution >= 0.6 is 0 Å². The van der Waals surface area contributed by atoms with Gasteiger partial charge < -0.3 is 5.32 Å². The molecule has 0 aliphatic carbocycles. The predicted molar refractivity (Wildman–Crippen MR) is 51.1 cm³/mol. The van der Waals surface area contributed by atoms with E-state index in [2.05, 4.69) is 31.0 Å². The summed E-state index contributed by atoms with van der Waals surface area (Å²) in [5.74, 6) is 0.139. The first-order valence-corrected chi connectivity index (χ1v) is 4.73. The average Bonchev–Trinajstić information content (AvgIpc) is 2.10. The van der Waals surface area contributed by atoms with E-state index in [1.54, 1.807) is 0 Å². The van der Waals surface area contributed by atoms with E-state index in [1.807, 2.05) is 0 Å². The minimum Gasteiger partial charge on any atom is -0.355 e. The van der Waals surface area contributed by atoms with Gasteiger partial charge >= 0.3 is 0 Å². The standard InChI is InChI=1S/C9H20N2O/c1-4-7-10-9(12)8-11(5-2)6-3/h4-8H2,1-3H3,(H,10,12). The molecule has 0 aliphatic heterocycles. The second-order valence-corrected chi connectivity index (χ2v) is 2.81. The summed E-state index contributed by atoms with van der Waals surface area (Å²) in [4.78, 5) is 13.3. The van der Waals surface area contributed by atoms with Crippen LogP contribution in [-0.4, -0.2) is 37.0 Å². The summed E-state index contributed by atoms with van der Waals surface area (Å²) < 4.78 is 0. The van der Waals surface area contributed by atoms with Crippen LogP contribution in [0.2, 0.25) is 0 Å². The van der Waals surface area contributed by atoms with Crippen LogP contribution in [-0.2, 0) is 4.79 Å². The van der Waals surface area contributed by atoms with Gasteiger partial charge in [0, 0.05) is 6.54 Å². The molecule has 0 aliphatic rings. The average molecular weight is 172 g/mol. The Kier molecular flexibility index (Phi) is 6.76. The molecule has 0 saturated heterocycles. The lowest BCUT2D eigenvalue weighted by molar-refractivity contribution is -0.122. The van der Waals surface area contributed by atoms with Crippen LogP contribution in [0.1, 0.15) is 27.2 Å². The molecule has 3 heteroatoms. The Hall–Kier alpha value is -0.570. The number of carbonyl (C=O) groups is 1. The van der Waals surface area contributed by atoms with Crippen molar-refractivity contribution in [3.8, 4) is 0 Å². The van der Waals surface area contributed by atoms with Gasteiger partial charge in [0.15, 0.2) is 0 Å². The van der Waals surface area contributed by atoms with Gasteiger partial charge in [0.1, 0.15) is 0 Å². The molecule has 1 N–H and O–H groups in total. The summed E-state index contributed by atoms with van der Waals surface area (Å²) >= 11 is 0. The molecular formula is C9H20N2O. The number of hydrogen-bond acceptors (Lipinski definition) is 2. The summed E-state index contributed by atoms with van der Waals surface area (Å²) in [5.41, 5.74) is 0. The van der Waals surface area contributed by atoms with E-state index in [0.717, 1.165) is 26.1 Å². The smallest absolute Gasteiger partial charge is 0.234 e. The van der Waals surface area contributed by atoms with Gasteiger partial charge in [-0.2, -0.15) is 0 Å². The molecule has 0 unspecified atom stereocenters. The van der Waals surface area contributed by atoms with Crippen molar-refractivity contribution in [1.82, 2.24) is 10.2 Å². The fourth-order valence-corrected chi connectivity index (χ4v) is 0.971. The fourth-order valence-electron chi connectivity index (χ4n) is 0.971. The third-order valence-corrected chi connectivity index (χ3v) is 1.83. The lowest BCUT2D eigenvalue weighted by atomic mass is 10.4. The Bertz CT molecular complexity index is 122. The Labute approximate surface area is 75.1 Å². The van der Waals surface area contributed by atoms with Gasteiger partial charge in [-0.1, -0.05) is 20.8 Å². The second kappa shape index (κ2) is 7.10. The van der Waals surface area contributed by atoms with Crippen molar-refractivity contribution < 1.29 is 4.79 Å². The van der Waals surface area contributed by atoms with Crippen molar-refractivity contribution in [1.29, 1.82) is 0 Å². The molecule has 0 bridgehead atoms. The maximum atomic E-state index is 11.2. The summed E-state index contributed by atoms with van der Waals surface area (Å²) in [7, 11) is 0. The molecule has 0 aromatic rings. The summed E-state index contributed by atoms with van der Waals surface area (Å²) in [6.45, 7) is 9.39. The summed E-state index contributed by atoms with van der Waals surface area (Å²) in [5, 5.41) is 2.85. The number of hydrogen-bond donors (Lipinski definition) is 1. The second-order valence-electron chi connectivity index (χ2n) is 2.81. The topological polar surface area (TPSA) is 32.3 Å². The molecule has 0 saturated carbocycles. The largest absolute Gasteiger partial charge is 0.355 e. The quantitative estimate of drug-likeness (QED) is 0.644. The summed E-state index contributed by atoms with van der Waals surface area (Å²) in [6.07, 6.45) is 1.00. The lowest BCUT2D eigenvalue weighted by Gasteiger charge is -2.16. The Morgan fingerprint density at radius 2 is 1.83 bits per heavy atom. The van der Waals surface area contributed by atoms with Crippen LogP contribution in [0.4, 0.5) is 0 Å². The number of nitrogens with zero attached hydrogens (tertiary/aromatic N) is 1. The first-order chi connectivity index (χ1) is 5.74. The molecule has 1 amide bonds. The fraction of sp³-hybridized carbons (Fsp3) is 0.889. The van der Waals surface area contributed by atoms with E-state index in [0.29, 0.717) is 6.54 Å². The molecule has 0 aromatic heterocycles. The monoisotopic (exact) mass is 172 g/mol. The van der Waals surface area contributed by atoms with Crippen molar-refractivity contribution in [3.63, 3.8) is 0 Å². The van der Waals surface area contributed by atoms with Gasteiger partial charge in [0.05, 0.1) is 6.54 Å². The third kappa shape index (κ3) is 5.13. The normalized spacial score (nSPS) is 10.3. The van der Waals surface area contributed by atoms with Crippen LogP contribution in [0.15, 0.2) is 0 Å². The zero-order chi connectivity index (χ0) is 9.40. The number of amides is 1. The van der Waals surface area contributed by atoms with E-state index in [4.69, 9.17) is 0 Å².